The van der Waals surface area contributed by atoms with Gasteiger partial charge in [0.1, 0.15) is 12.4 Å². The number of ketones is 1. The van der Waals surface area contributed by atoms with Gasteiger partial charge in [-0.3, -0.25) is 4.79 Å². The van der Waals surface area contributed by atoms with Crippen LogP contribution in [0.15, 0.2) is 64.0 Å². The molecule has 0 spiro atoms. The molecule has 0 aliphatic heterocycles. The van der Waals surface area contributed by atoms with E-state index in [-0.39, 0.29) is 28.2 Å². The normalized spacial score (nSPS) is 17.1. The summed E-state index contributed by atoms with van der Waals surface area (Å²) in [7, 11) is -3.33. The maximum Gasteiger partial charge on any atom is 0.219 e. The van der Waals surface area contributed by atoms with Crippen LogP contribution in [0, 0.1) is 0 Å². The molecule has 32 heavy (non-hydrogen) atoms. The summed E-state index contributed by atoms with van der Waals surface area (Å²) in [5.74, 6) is 0.643. The third-order valence-corrected chi connectivity index (χ3v) is 6.15. The van der Waals surface area contributed by atoms with Crippen LogP contribution in [0.1, 0.15) is 44.1 Å². The Morgan fingerprint density at radius 3 is 2.72 bits per heavy atom. The highest BCUT2D eigenvalue weighted by Crippen LogP contribution is 2.36. The predicted molar refractivity (Wildman–Crippen MR) is 120 cm³/mol. The first-order valence-corrected chi connectivity index (χ1v) is 12.2. The highest BCUT2D eigenvalue weighted by Gasteiger charge is 2.28. The van der Waals surface area contributed by atoms with Gasteiger partial charge in [-0.1, -0.05) is 17.3 Å². The molecule has 0 bridgehead atoms. The van der Waals surface area contributed by atoms with Crippen molar-refractivity contribution in [3.63, 3.8) is 0 Å². The number of nitrogens with zero attached hydrogens (tertiary/aromatic N) is 2. The van der Waals surface area contributed by atoms with E-state index in [1.54, 1.807) is 24.4 Å². The number of aliphatic hydroxyl groups is 1. The number of allylic oxidation sites excluding steroid dienone is 2. The molecule has 0 fully saturated rings. The molecule has 0 radical (unpaired) electrons. The lowest BCUT2D eigenvalue weighted by atomic mass is 9.81. The van der Waals surface area contributed by atoms with E-state index in [1.165, 1.54) is 18.3 Å². The number of carbonyl (C=O) groups is 1. The minimum atomic E-state index is -3.33. The predicted octanol–water partition coefficient (Wildman–Crippen LogP) is 4.34. The minimum absolute atomic E-state index is 0.0760. The molecule has 1 unspecified atom stereocenters. The molecular weight excluding hydrogens is 432 g/mol. The second-order valence-corrected chi connectivity index (χ2v) is 9.49. The fourth-order valence-electron chi connectivity index (χ4n) is 3.44. The van der Waals surface area contributed by atoms with Crippen LogP contribution in [-0.2, 0) is 19.5 Å². The summed E-state index contributed by atoms with van der Waals surface area (Å²) in [6, 6.07) is 10.2. The molecule has 1 N–H and O–H groups in total. The topological polar surface area (TPSA) is 115 Å². The van der Waals surface area contributed by atoms with E-state index < -0.39 is 9.84 Å². The SMILES string of the molecule is CCON=CCCC1=C(O)CC(c2cccc(Oc3ccc(S(C)(=O)=O)cn3)c2)CC1=O. The van der Waals surface area contributed by atoms with E-state index in [2.05, 4.69) is 10.1 Å². The molecule has 8 nitrogen and oxygen atoms in total. The molecule has 2 aromatic rings. The number of hydrogen-bond donors (Lipinski definition) is 1. The molecule has 1 aromatic heterocycles. The van der Waals surface area contributed by atoms with Crippen LogP contribution in [0.3, 0.4) is 0 Å². The van der Waals surface area contributed by atoms with Crippen molar-refractivity contribution in [2.24, 2.45) is 5.16 Å². The van der Waals surface area contributed by atoms with Crippen molar-refractivity contribution in [2.75, 3.05) is 12.9 Å². The standard InChI is InChI=1S/C23H26N2O6S/c1-3-30-25-11-5-8-20-21(26)13-17(14-22(20)27)16-6-4-7-18(12-16)31-23-10-9-19(15-24-23)32(2,28)29/h4,6-7,9-12,15,17,26H,3,5,8,13-14H2,1-2H3. The van der Waals surface area contributed by atoms with Gasteiger partial charge in [-0.25, -0.2) is 13.4 Å². The first-order chi connectivity index (χ1) is 15.3. The van der Waals surface area contributed by atoms with Gasteiger partial charge in [-0.05, 0) is 49.4 Å². The summed E-state index contributed by atoms with van der Waals surface area (Å²) in [5, 5.41) is 14.2. The Kier molecular flexibility index (Phi) is 7.63. The van der Waals surface area contributed by atoms with E-state index in [0.29, 0.717) is 43.6 Å². The third-order valence-electron chi connectivity index (χ3n) is 5.05. The Morgan fingerprint density at radius 2 is 2.06 bits per heavy atom. The Bertz CT molecular complexity index is 1120. The number of carbonyl (C=O) groups excluding carboxylic acids is 1. The van der Waals surface area contributed by atoms with Crippen LogP contribution in [0.5, 0.6) is 11.6 Å². The summed E-state index contributed by atoms with van der Waals surface area (Å²) in [5.41, 5.74) is 1.32. The summed E-state index contributed by atoms with van der Waals surface area (Å²) in [4.78, 5) is 21.7. The van der Waals surface area contributed by atoms with Gasteiger partial charge in [0.2, 0.25) is 5.88 Å². The van der Waals surface area contributed by atoms with E-state index in [9.17, 15) is 18.3 Å². The second-order valence-electron chi connectivity index (χ2n) is 7.48. The van der Waals surface area contributed by atoms with Crippen molar-refractivity contribution < 1.29 is 27.9 Å². The number of rotatable bonds is 9. The fourth-order valence-corrected chi connectivity index (χ4v) is 4.00. The van der Waals surface area contributed by atoms with Crippen LogP contribution in [0.2, 0.25) is 0 Å². The van der Waals surface area contributed by atoms with E-state index >= 15 is 0 Å². The molecule has 1 heterocycles. The number of Topliss-reactive ketones (excluding diaryl/α,β-unsaturated/α-hetero) is 1. The number of aliphatic hydroxyl groups excluding tert-OH is 1. The first kappa shape index (κ1) is 23.5. The van der Waals surface area contributed by atoms with Crippen LogP contribution in [0.25, 0.3) is 0 Å². The molecule has 3 rings (SSSR count). The van der Waals surface area contributed by atoms with Gasteiger partial charge in [0, 0.05) is 43.1 Å². The van der Waals surface area contributed by atoms with Crippen LogP contribution in [-0.4, -0.2) is 43.4 Å². The van der Waals surface area contributed by atoms with Crippen LogP contribution >= 0.6 is 0 Å². The molecule has 0 amide bonds. The molecule has 1 aliphatic rings. The largest absolute Gasteiger partial charge is 0.512 e. The zero-order valence-electron chi connectivity index (χ0n) is 18.0. The van der Waals surface area contributed by atoms with Crippen molar-refractivity contribution >= 4 is 21.8 Å². The number of benzene rings is 1. The lowest BCUT2D eigenvalue weighted by Gasteiger charge is -2.24. The van der Waals surface area contributed by atoms with Gasteiger partial charge in [0.05, 0.1) is 10.7 Å². The summed E-state index contributed by atoms with van der Waals surface area (Å²) in [6.07, 6.45) is 5.57. The van der Waals surface area contributed by atoms with Gasteiger partial charge in [-0.2, -0.15) is 0 Å². The van der Waals surface area contributed by atoms with Crippen molar-refractivity contribution in [3.8, 4) is 11.6 Å². The number of pyridine rings is 1. The highest BCUT2D eigenvalue weighted by atomic mass is 32.2. The summed E-state index contributed by atoms with van der Waals surface area (Å²) in [6.45, 7) is 2.32. The van der Waals surface area contributed by atoms with Crippen LogP contribution < -0.4 is 4.74 Å². The number of oxime groups is 1. The third kappa shape index (κ3) is 6.16. The maximum atomic E-state index is 12.6. The number of hydrogen-bond acceptors (Lipinski definition) is 8. The van der Waals surface area contributed by atoms with E-state index in [0.717, 1.165) is 11.8 Å². The maximum absolute atomic E-state index is 12.6. The van der Waals surface area contributed by atoms with Crippen LogP contribution in [0.4, 0.5) is 0 Å². The van der Waals surface area contributed by atoms with Gasteiger partial charge >= 0.3 is 0 Å². The van der Waals surface area contributed by atoms with Gasteiger partial charge < -0.3 is 14.7 Å². The lowest BCUT2D eigenvalue weighted by Crippen LogP contribution is -2.18. The zero-order chi connectivity index (χ0) is 23.1. The van der Waals surface area contributed by atoms with Crippen molar-refractivity contribution in [1.82, 2.24) is 4.98 Å². The van der Waals surface area contributed by atoms with Gasteiger partial charge in [-0.15, -0.1) is 0 Å². The molecular formula is C23H26N2O6S. The lowest BCUT2D eigenvalue weighted by molar-refractivity contribution is -0.116. The molecule has 0 saturated carbocycles. The smallest absolute Gasteiger partial charge is 0.219 e. The number of aromatic nitrogens is 1. The average molecular weight is 459 g/mol. The Hall–Kier alpha value is -3.20. The fraction of sp³-hybridized carbons (Fsp3) is 0.348. The van der Waals surface area contributed by atoms with Gasteiger partial charge in [0.25, 0.3) is 0 Å². The Morgan fingerprint density at radius 1 is 1.25 bits per heavy atom. The highest BCUT2D eigenvalue weighted by molar-refractivity contribution is 7.90. The molecule has 170 valence electrons. The van der Waals surface area contributed by atoms with Crippen molar-refractivity contribution in [2.45, 2.75) is 43.4 Å². The number of sulfone groups is 1. The molecule has 1 atom stereocenters. The molecule has 0 saturated heterocycles. The van der Waals surface area contributed by atoms with Gasteiger partial charge in [0.15, 0.2) is 15.6 Å². The Balaban J connectivity index is 1.68. The summed E-state index contributed by atoms with van der Waals surface area (Å²) < 4.78 is 28.9. The number of ether oxygens (including phenoxy) is 1. The zero-order valence-corrected chi connectivity index (χ0v) is 18.8. The average Bonchev–Trinajstić information content (AvgIpc) is 2.75. The van der Waals surface area contributed by atoms with Crippen molar-refractivity contribution in [3.05, 3.63) is 59.5 Å². The summed E-state index contributed by atoms with van der Waals surface area (Å²) >= 11 is 0. The quantitative estimate of drug-likeness (QED) is 0.439. The van der Waals surface area contributed by atoms with E-state index in [1.807, 2.05) is 13.0 Å². The van der Waals surface area contributed by atoms with E-state index in [4.69, 9.17) is 9.57 Å². The Labute approximate surface area is 187 Å². The molecule has 9 heteroatoms. The molecule has 1 aliphatic carbocycles. The van der Waals surface area contributed by atoms with Crippen molar-refractivity contribution in [1.29, 1.82) is 0 Å². The second kappa shape index (κ2) is 10.4. The first-order valence-electron chi connectivity index (χ1n) is 10.3. The monoisotopic (exact) mass is 458 g/mol. The minimum Gasteiger partial charge on any atom is -0.512 e. The molecule has 1 aromatic carbocycles.